The molecule has 0 amide bonds. The van der Waals surface area contributed by atoms with E-state index >= 15 is 0 Å². The van der Waals surface area contributed by atoms with E-state index in [9.17, 15) is 8.42 Å². The Hall–Kier alpha value is -2.52. The molecule has 1 aliphatic heterocycles. The van der Waals surface area contributed by atoms with Crippen molar-refractivity contribution < 1.29 is 8.42 Å². The summed E-state index contributed by atoms with van der Waals surface area (Å²) in [6, 6.07) is 9.57. The van der Waals surface area contributed by atoms with Gasteiger partial charge in [0, 0.05) is 19.3 Å². The number of nitrogens with one attached hydrogen (secondary N) is 1. The number of anilines is 1. The molecule has 8 nitrogen and oxygen atoms in total. The summed E-state index contributed by atoms with van der Waals surface area (Å²) in [5, 5.41) is 15.8. The third-order valence-electron chi connectivity index (χ3n) is 4.28. The summed E-state index contributed by atoms with van der Waals surface area (Å²) >= 11 is 0. The largest absolute Gasteiger partial charge is 0.306 e. The molecule has 3 aromatic rings. The van der Waals surface area contributed by atoms with Gasteiger partial charge in [-0.05, 0) is 29.7 Å². The topological polar surface area (TPSA) is 92.5 Å². The number of benzene rings is 1. The molecule has 2 aromatic heterocycles. The number of para-hydroxylation sites is 1. The molecule has 4 rings (SSSR count). The lowest BCUT2D eigenvalue weighted by atomic mass is 10.1. The van der Waals surface area contributed by atoms with E-state index in [4.69, 9.17) is 0 Å². The van der Waals surface area contributed by atoms with E-state index < -0.39 is 10.0 Å². The maximum absolute atomic E-state index is 12.0. The van der Waals surface area contributed by atoms with Gasteiger partial charge in [0.15, 0.2) is 11.5 Å². The fourth-order valence-corrected chi connectivity index (χ4v) is 4.17. The number of aromatic nitrogens is 4. The zero-order valence-corrected chi connectivity index (χ0v) is 14.6. The van der Waals surface area contributed by atoms with Crippen LogP contribution in [-0.4, -0.2) is 41.0 Å². The Kier molecular flexibility index (Phi) is 3.89. The van der Waals surface area contributed by atoms with Crippen LogP contribution in [-0.2, 0) is 29.5 Å². The third kappa shape index (κ3) is 2.96. The minimum atomic E-state index is -3.27. The first-order valence-electron chi connectivity index (χ1n) is 7.98. The van der Waals surface area contributed by atoms with Crippen LogP contribution in [0.3, 0.4) is 0 Å². The average molecular weight is 358 g/mol. The molecule has 1 N–H and O–H groups in total. The van der Waals surface area contributed by atoms with Crippen molar-refractivity contribution in [2.75, 3.05) is 17.1 Å². The van der Waals surface area contributed by atoms with Gasteiger partial charge < -0.3 is 5.32 Å². The molecule has 0 aliphatic carbocycles. The molecule has 0 atom stereocenters. The highest BCUT2D eigenvalue weighted by Crippen LogP contribution is 2.33. The van der Waals surface area contributed by atoms with E-state index in [1.807, 2.05) is 30.3 Å². The Morgan fingerprint density at radius 2 is 2.04 bits per heavy atom. The van der Waals surface area contributed by atoms with Crippen LogP contribution in [0.15, 0.2) is 36.5 Å². The van der Waals surface area contributed by atoms with Gasteiger partial charge in [0.1, 0.15) is 0 Å². The van der Waals surface area contributed by atoms with Gasteiger partial charge in [-0.2, -0.15) is 9.61 Å². The average Bonchev–Trinajstić information content (AvgIpc) is 3.19. The van der Waals surface area contributed by atoms with Gasteiger partial charge in [-0.25, -0.2) is 8.42 Å². The predicted molar refractivity (Wildman–Crippen MR) is 93.7 cm³/mol. The second-order valence-electron chi connectivity index (χ2n) is 6.02. The van der Waals surface area contributed by atoms with Crippen LogP contribution in [0.25, 0.3) is 5.65 Å². The fourth-order valence-electron chi connectivity index (χ4n) is 3.18. The first-order chi connectivity index (χ1) is 12.0. The zero-order chi connectivity index (χ0) is 17.4. The van der Waals surface area contributed by atoms with Gasteiger partial charge >= 0.3 is 0 Å². The van der Waals surface area contributed by atoms with Crippen LogP contribution in [0.4, 0.5) is 5.69 Å². The van der Waals surface area contributed by atoms with Gasteiger partial charge in [0.05, 0.1) is 18.5 Å². The summed E-state index contributed by atoms with van der Waals surface area (Å²) in [7, 11) is -3.27. The maximum Gasteiger partial charge on any atom is 0.232 e. The second kappa shape index (κ2) is 6.08. The molecule has 0 bridgehead atoms. The molecule has 1 aromatic carbocycles. The summed E-state index contributed by atoms with van der Waals surface area (Å²) in [4.78, 5) is 0. The molecule has 0 fully saturated rings. The highest BCUT2D eigenvalue weighted by Gasteiger charge is 2.28. The van der Waals surface area contributed by atoms with Gasteiger partial charge in [-0.15, -0.1) is 10.2 Å². The Balaban J connectivity index is 1.54. The molecule has 0 saturated carbocycles. The smallest absolute Gasteiger partial charge is 0.232 e. The van der Waals surface area contributed by atoms with E-state index in [0.29, 0.717) is 31.1 Å². The van der Waals surface area contributed by atoms with E-state index in [2.05, 4.69) is 20.6 Å². The molecule has 9 heteroatoms. The highest BCUT2D eigenvalue weighted by atomic mass is 32.2. The Morgan fingerprint density at radius 1 is 1.16 bits per heavy atom. The first kappa shape index (κ1) is 16.0. The number of sulfonamides is 1. The third-order valence-corrected chi connectivity index (χ3v) is 5.44. The minimum Gasteiger partial charge on any atom is -0.306 e. The molecule has 0 radical (unpaired) electrons. The molecular formula is C16H18N6O2S. The minimum absolute atomic E-state index is 0.487. The molecule has 0 spiro atoms. The van der Waals surface area contributed by atoms with Gasteiger partial charge in [-0.1, -0.05) is 18.2 Å². The monoisotopic (exact) mass is 358 g/mol. The van der Waals surface area contributed by atoms with Crippen LogP contribution < -0.4 is 9.62 Å². The van der Waals surface area contributed by atoms with Crippen LogP contribution in [0, 0.1) is 0 Å². The van der Waals surface area contributed by atoms with E-state index in [1.165, 1.54) is 10.6 Å². The maximum atomic E-state index is 12.0. The van der Waals surface area contributed by atoms with Crippen molar-refractivity contribution in [1.82, 2.24) is 25.1 Å². The summed E-state index contributed by atoms with van der Waals surface area (Å²) in [6.45, 7) is 1.53. The molecule has 0 unspecified atom stereocenters. The molecule has 130 valence electrons. The lowest BCUT2D eigenvalue weighted by molar-refractivity contribution is 0.597. The van der Waals surface area contributed by atoms with Crippen molar-refractivity contribution in [3.63, 3.8) is 0 Å². The van der Waals surface area contributed by atoms with Crippen LogP contribution >= 0.6 is 0 Å². The number of rotatable bonds is 5. The van der Waals surface area contributed by atoms with E-state index in [-0.39, 0.29) is 0 Å². The van der Waals surface area contributed by atoms with Crippen molar-refractivity contribution >= 4 is 21.4 Å². The highest BCUT2D eigenvalue weighted by molar-refractivity contribution is 7.92. The van der Waals surface area contributed by atoms with Crippen LogP contribution in [0.5, 0.6) is 0 Å². The van der Waals surface area contributed by atoms with Gasteiger partial charge in [-0.3, -0.25) is 4.31 Å². The normalized spacial score (nSPS) is 14.2. The number of nitrogens with zero attached hydrogens (tertiary/aromatic N) is 5. The quantitative estimate of drug-likeness (QED) is 0.723. The zero-order valence-electron chi connectivity index (χ0n) is 13.8. The van der Waals surface area contributed by atoms with E-state index in [0.717, 1.165) is 23.2 Å². The molecular weight excluding hydrogens is 340 g/mol. The first-order valence-corrected chi connectivity index (χ1v) is 9.83. The predicted octanol–water partition coefficient (Wildman–Crippen LogP) is 0.736. The number of fused-ring (bicyclic) bond motifs is 2. The van der Waals surface area contributed by atoms with Crippen molar-refractivity contribution in [3.05, 3.63) is 53.5 Å². The lowest BCUT2D eigenvalue weighted by Crippen LogP contribution is -2.29. The van der Waals surface area contributed by atoms with Crippen molar-refractivity contribution in [2.45, 2.75) is 19.5 Å². The Bertz CT molecular complexity index is 1030. The Morgan fingerprint density at radius 3 is 2.88 bits per heavy atom. The summed E-state index contributed by atoms with van der Waals surface area (Å²) < 4.78 is 27.2. The van der Waals surface area contributed by atoms with Crippen molar-refractivity contribution in [2.24, 2.45) is 0 Å². The molecule has 0 saturated heterocycles. The molecule has 25 heavy (non-hydrogen) atoms. The summed E-state index contributed by atoms with van der Waals surface area (Å²) in [5.74, 6) is 0.711. The van der Waals surface area contributed by atoms with Crippen LogP contribution in [0.2, 0.25) is 0 Å². The summed E-state index contributed by atoms with van der Waals surface area (Å²) in [5.41, 5.74) is 3.53. The SMILES string of the molecule is CS(=O)(=O)N1CCc2cccc(CNCc3nnc4cccnn34)c21. The number of hydrogen-bond donors (Lipinski definition) is 1. The van der Waals surface area contributed by atoms with Crippen molar-refractivity contribution in [1.29, 1.82) is 0 Å². The standard InChI is InChI=1S/C16H18N6O2S/c1-25(23,24)21-9-7-12-4-2-5-13(16(12)21)10-17-11-15-20-19-14-6-3-8-18-22(14)15/h2-6,8,17H,7,9-11H2,1H3. The molecule has 1 aliphatic rings. The van der Waals surface area contributed by atoms with E-state index in [1.54, 1.807) is 10.7 Å². The van der Waals surface area contributed by atoms with Gasteiger partial charge in [0.25, 0.3) is 0 Å². The Labute approximate surface area is 145 Å². The fraction of sp³-hybridized carbons (Fsp3) is 0.312. The molecule has 3 heterocycles. The lowest BCUT2D eigenvalue weighted by Gasteiger charge is -2.20. The second-order valence-corrected chi connectivity index (χ2v) is 7.93. The number of hydrogen-bond acceptors (Lipinski definition) is 6. The van der Waals surface area contributed by atoms with Gasteiger partial charge in [0.2, 0.25) is 10.0 Å². The van der Waals surface area contributed by atoms with Crippen molar-refractivity contribution in [3.8, 4) is 0 Å². The summed E-state index contributed by atoms with van der Waals surface area (Å²) in [6.07, 6.45) is 3.68. The van der Waals surface area contributed by atoms with Crippen LogP contribution in [0.1, 0.15) is 17.0 Å².